The van der Waals surface area contributed by atoms with Crippen molar-refractivity contribution in [2.45, 2.75) is 12.7 Å². The molecule has 96 valence electrons. The number of guanidine groups is 1. The van der Waals surface area contributed by atoms with E-state index in [9.17, 15) is 13.6 Å². The molecule has 1 aliphatic rings. The summed E-state index contributed by atoms with van der Waals surface area (Å²) in [7, 11) is 1.51. The molecule has 2 rings (SSSR count). The Morgan fingerprint density at radius 1 is 1.39 bits per heavy atom. The molecule has 1 aromatic carbocycles. The number of carbonyl (C=O) groups excluding carboxylic acids is 1. The zero-order chi connectivity index (χ0) is 13.1. The number of nitrogens with one attached hydrogen (secondary N) is 2. The fraction of sp³-hybridized carbons (Fsp3) is 0.273. The number of hydrogen-bond donors (Lipinski definition) is 2. The Morgan fingerprint density at radius 2 is 2.11 bits per heavy atom. The standard InChI is InChI=1S/C11H11F2N3O2/c1-14-11-15-8(9(17)16-11)6-4-2-3-5-7(6)18-10(12)13/h2-5,8,10H,1H3,(H2,14,15,16,17). The monoisotopic (exact) mass is 255 g/mol. The summed E-state index contributed by atoms with van der Waals surface area (Å²) in [5.41, 5.74) is 0.342. The van der Waals surface area contributed by atoms with Crippen LogP contribution < -0.4 is 15.4 Å². The first-order valence-electron chi connectivity index (χ1n) is 5.19. The smallest absolute Gasteiger partial charge is 0.387 e. The van der Waals surface area contributed by atoms with E-state index in [1.165, 1.54) is 13.1 Å². The molecule has 7 heteroatoms. The molecule has 0 spiro atoms. The third kappa shape index (κ3) is 2.39. The van der Waals surface area contributed by atoms with Crippen molar-refractivity contribution < 1.29 is 18.3 Å². The third-order valence-electron chi connectivity index (χ3n) is 2.45. The summed E-state index contributed by atoms with van der Waals surface area (Å²) in [4.78, 5) is 15.5. The normalized spacial score (nSPS) is 21.0. The van der Waals surface area contributed by atoms with E-state index < -0.39 is 12.7 Å². The number of alkyl halides is 2. The summed E-state index contributed by atoms with van der Waals surface area (Å²) in [6.45, 7) is -2.94. The highest BCUT2D eigenvalue weighted by atomic mass is 19.3. The van der Waals surface area contributed by atoms with Gasteiger partial charge in [-0.15, -0.1) is 0 Å². The Hall–Kier alpha value is -2.18. The first-order valence-corrected chi connectivity index (χ1v) is 5.19. The van der Waals surface area contributed by atoms with E-state index in [1.54, 1.807) is 18.2 Å². The van der Waals surface area contributed by atoms with Gasteiger partial charge in [0, 0.05) is 12.6 Å². The Bertz CT molecular complexity index is 491. The minimum atomic E-state index is -2.94. The minimum Gasteiger partial charge on any atom is -0.434 e. The van der Waals surface area contributed by atoms with Gasteiger partial charge in [-0.05, 0) is 6.07 Å². The van der Waals surface area contributed by atoms with Crippen molar-refractivity contribution in [1.29, 1.82) is 0 Å². The van der Waals surface area contributed by atoms with Gasteiger partial charge in [0.25, 0.3) is 5.91 Å². The molecule has 1 saturated heterocycles. The van der Waals surface area contributed by atoms with Crippen LogP contribution in [0.1, 0.15) is 11.6 Å². The zero-order valence-electron chi connectivity index (χ0n) is 9.48. The predicted molar refractivity (Wildman–Crippen MR) is 60.5 cm³/mol. The molecule has 0 radical (unpaired) electrons. The van der Waals surface area contributed by atoms with Crippen LogP contribution in [-0.4, -0.2) is 25.5 Å². The van der Waals surface area contributed by atoms with Gasteiger partial charge < -0.3 is 10.1 Å². The lowest BCUT2D eigenvalue weighted by molar-refractivity contribution is -0.120. The number of ether oxygens (including phenoxy) is 1. The summed E-state index contributed by atoms with van der Waals surface area (Å²) in [5.74, 6) is -0.0877. The Kier molecular flexibility index (Phi) is 3.40. The van der Waals surface area contributed by atoms with Crippen molar-refractivity contribution >= 4 is 11.9 Å². The van der Waals surface area contributed by atoms with Crippen LogP contribution in [-0.2, 0) is 4.79 Å². The van der Waals surface area contributed by atoms with E-state index in [1.807, 2.05) is 0 Å². The van der Waals surface area contributed by atoms with Gasteiger partial charge in [0.05, 0.1) is 0 Å². The zero-order valence-corrected chi connectivity index (χ0v) is 9.48. The number of para-hydroxylation sites is 1. The number of benzene rings is 1. The molecule has 1 aliphatic heterocycles. The average Bonchev–Trinajstić information content (AvgIpc) is 2.70. The number of halogens is 2. The average molecular weight is 255 g/mol. The first-order chi connectivity index (χ1) is 8.61. The van der Waals surface area contributed by atoms with Gasteiger partial charge in [-0.2, -0.15) is 8.78 Å². The number of amides is 1. The van der Waals surface area contributed by atoms with Crippen molar-refractivity contribution in [3.8, 4) is 5.75 Å². The van der Waals surface area contributed by atoms with Gasteiger partial charge in [0.1, 0.15) is 11.8 Å². The lowest BCUT2D eigenvalue weighted by atomic mass is 10.1. The van der Waals surface area contributed by atoms with Crippen molar-refractivity contribution in [2.75, 3.05) is 7.05 Å². The molecule has 1 heterocycles. The fourth-order valence-corrected chi connectivity index (χ4v) is 1.69. The van der Waals surface area contributed by atoms with Gasteiger partial charge in [-0.1, -0.05) is 18.2 Å². The number of aliphatic imine (C=N–C) groups is 1. The van der Waals surface area contributed by atoms with E-state index in [0.717, 1.165) is 0 Å². The second-order valence-corrected chi connectivity index (χ2v) is 3.56. The Balaban J connectivity index is 2.31. The molecule has 1 atom stereocenters. The maximum absolute atomic E-state index is 12.3. The van der Waals surface area contributed by atoms with Crippen LogP contribution in [0.15, 0.2) is 29.3 Å². The molecule has 0 aliphatic carbocycles. The number of hydrogen-bond acceptors (Lipinski definition) is 3. The highest BCUT2D eigenvalue weighted by Crippen LogP contribution is 2.28. The van der Waals surface area contributed by atoms with Crippen LogP contribution in [0, 0.1) is 0 Å². The van der Waals surface area contributed by atoms with Crippen LogP contribution in [0.25, 0.3) is 0 Å². The summed E-state index contributed by atoms with van der Waals surface area (Å²) in [5, 5.41) is 5.27. The molecule has 18 heavy (non-hydrogen) atoms. The van der Waals surface area contributed by atoms with Crippen LogP contribution >= 0.6 is 0 Å². The van der Waals surface area contributed by atoms with E-state index >= 15 is 0 Å². The topological polar surface area (TPSA) is 62.7 Å². The molecule has 0 bridgehead atoms. The lowest BCUT2D eigenvalue weighted by Crippen LogP contribution is -2.24. The number of nitrogens with zero attached hydrogens (tertiary/aromatic N) is 1. The lowest BCUT2D eigenvalue weighted by Gasteiger charge is -2.14. The molecule has 1 fully saturated rings. The van der Waals surface area contributed by atoms with Crippen LogP contribution in [0.4, 0.5) is 8.78 Å². The molecular weight excluding hydrogens is 244 g/mol. The van der Waals surface area contributed by atoms with E-state index in [-0.39, 0.29) is 11.7 Å². The number of rotatable bonds is 3. The van der Waals surface area contributed by atoms with Crippen molar-refractivity contribution in [3.63, 3.8) is 0 Å². The maximum atomic E-state index is 12.3. The quantitative estimate of drug-likeness (QED) is 0.848. The highest BCUT2D eigenvalue weighted by molar-refractivity contribution is 6.06. The Labute approximate surface area is 102 Å². The van der Waals surface area contributed by atoms with E-state index in [2.05, 4.69) is 20.4 Å². The summed E-state index contributed by atoms with van der Waals surface area (Å²) < 4.78 is 28.9. The van der Waals surface area contributed by atoms with Crippen molar-refractivity contribution in [2.24, 2.45) is 4.99 Å². The summed E-state index contributed by atoms with van der Waals surface area (Å²) in [6.07, 6.45) is 0. The second-order valence-electron chi connectivity index (χ2n) is 3.56. The van der Waals surface area contributed by atoms with Crippen molar-refractivity contribution in [3.05, 3.63) is 29.8 Å². The molecular formula is C11H11F2N3O2. The molecule has 0 saturated carbocycles. The molecule has 0 aromatic heterocycles. The van der Waals surface area contributed by atoms with E-state index in [0.29, 0.717) is 11.5 Å². The van der Waals surface area contributed by atoms with Gasteiger partial charge in [0.15, 0.2) is 5.96 Å². The largest absolute Gasteiger partial charge is 0.434 e. The minimum absolute atomic E-state index is 0.0301. The Morgan fingerprint density at radius 3 is 2.72 bits per heavy atom. The SMILES string of the molecule is CN=C1NC(=O)C(c2ccccc2OC(F)F)N1. The fourth-order valence-electron chi connectivity index (χ4n) is 1.69. The van der Waals surface area contributed by atoms with Gasteiger partial charge in [0.2, 0.25) is 0 Å². The highest BCUT2D eigenvalue weighted by Gasteiger charge is 2.31. The van der Waals surface area contributed by atoms with Crippen LogP contribution in [0.3, 0.4) is 0 Å². The molecule has 1 unspecified atom stereocenters. The van der Waals surface area contributed by atoms with Gasteiger partial charge in [-0.3, -0.25) is 15.1 Å². The molecule has 5 nitrogen and oxygen atoms in total. The van der Waals surface area contributed by atoms with Crippen molar-refractivity contribution in [1.82, 2.24) is 10.6 Å². The van der Waals surface area contributed by atoms with Crippen LogP contribution in [0.2, 0.25) is 0 Å². The summed E-state index contributed by atoms with van der Waals surface area (Å²) in [6, 6.07) is 5.36. The molecule has 1 aromatic rings. The third-order valence-corrected chi connectivity index (χ3v) is 2.45. The van der Waals surface area contributed by atoms with Gasteiger partial charge >= 0.3 is 6.61 Å². The van der Waals surface area contributed by atoms with E-state index in [4.69, 9.17) is 0 Å². The number of carbonyl (C=O) groups is 1. The second kappa shape index (κ2) is 4.99. The maximum Gasteiger partial charge on any atom is 0.387 e. The molecule has 2 N–H and O–H groups in total. The summed E-state index contributed by atoms with van der Waals surface area (Å²) >= 11 is 0. The predicted octanol–water partition coefficient (Wildman–Crippen LogP) is 1.03. The van der Waals surface area contributed by atoms with Crippen LogP contribution in [0.5, 0.6) is 5.75 Å². The first kappa shape index (κ1) is 12.3. The van der Waals surface area contributed by atoms with Gasteiger partial charge in [-0.25, -0.2) is 0 Å². The molecule has 1 amide bonds.